The second-order valence-electron chi connectivity index (χ2n) is 7.65. The van der Waals surface area contributed by atoms with Gasteiger partial charge in [0.25, 0.3) is 5.91 Å². The van der Waals surface area contributed by atoms with Crippen molar-refractivity contribution >= 4 is 43.9 Å². The SMILES string of the molecule is O=C(Nc1cccc(-c2ccc3ccccc3c2)n1)c1sccc1S(=O)(=O)N1CCCC1. The smallest absolute Gasteiger partial charge is 0.268 e. The predicted molar refractivity (Wildman–Crippen MR) is 127 cm³/mol. The van der Waals surface area contributed by atoms with E-state index in [1.165, 1.54) is 10.4 Å². The van der Waals surface area contributed by atoms with Gasteiger partial charge in [-0.1, -0.05) is 42.5 Å². The molecule has 1 saturated heterocycles. The van der Waals surface area contributed by atoms with Gasteiger partial charge in [0, 0.05) is 18.7 Å². The van der Waals surface area contributed by atoms with Crippen LogP contribution in [0.2, 0.25) is 0 Å². The zero-order valence-corrected chi connectivity index (χ0v) is 18.8. The first-order valence-electron chi connectivity index (χ1n) is 10.4. The van der Waals surface area contributed by atoms with E-state index in [1.54, 1.807) is 11.4 Å². The molecule has 0 radical (unpaired) electrons. The van der Waals surface area contributed by atoms with Crippen LogP contribution in [0.15, 0.2) is 77.0 Å². The monoisotopic (exact) mass is 463 g/mol. The Balaban J connectivity index is 1.41. The number of thiophene rings is 1. The fourth-order valence-corrected chi connectivity index (χ4v) is 6.73. The fraction of sp³-hybridized carbons (Fsp3) is 0.167. The maximum absolute atomic E-state index is 13.0. The Morgan fingerprint density at radius 2 is 1.72 bits per heavy atom. The Hall–Kier alpha value is -3.07. The Labute approximate surface area is 190 Å². The molecule has 162 valence electrons. The Kier molecular flexibility index (Phi) is 5.50. The average Bonchev–Trinajstić information content (AvgIpc) is 3.52. The molecule has 8 heteroatoms. The van der Waals surface area contributed by atoms with Gasteiger partial charge in [0.15, 0.2) is 0 Å². The van der Waals surface area contributed by atoms with Crippen LogP contribution in [0.1, 0.15) is 22.5 Å². The van der Waals surface area contributed by atoms with E-state index in [0.717, 1.165) is 46.2 Å². The van der Waals surface area contributed by atoms with Crippen LogP contribution in [0.5, 0.6) is 0 Å². The van der Waals surface area contributed by atoms with Crippen molar-refractivity contribution in [3.63, 3.8) is 0 Å². The van der Waals surface area contributed by atoms with Gasteiger partial charge >= 0.3 is 0 Å². The number of rotatable bonds is 5. The molecule has 4 aromatic rings. The molecule has 1 aliphatic heterocycles. The quantitative estimate of drug-likeness (QED) is 0.452. The molecule has 2 aromatic heterocycles. The molecule has 6 nitrogen and oxygen atoms in total. The van der Waals surface area contributed by atoms with E-state index in [1.807, 2.05) is 42.5 Å². The topological polar surface area (TPSA) is 79.4 Å². The van der Waals surface area contributed by atoms with Crippen molar-refractivity contribution < 1.29 is 13.2 Å². The number of anilines is 1. The molecular weight excluding hydrogens is 442 g/mol. The molecule has 1 fully saturated rings. The third kappa shape index (κ3) is 3.92. The van der Waals surface area contributed by atoms with E-state index >= 15 is 0 Å². The molecule has 0 bridgehead atoms. The second kappa shape index (κ2) is 8.46. The maximum atomic E-state index is 13.0. The second-order valence-corrected chi connectivity index (χ2v) is 10.5. The molecule has 0 unspecified atom stereocenters. The van der Waals surface area contributed by atoms with Crippen LogP contribution in [0.4, 0.5) is 5.82 Å². The third-order valence-corrected chi connectivity index (χ3v) is 8.54. The van der Waals surface area contributed by atoms with Gasteiger partial charge in [0.2, 0.25) is 10.0 Å². The summed E-state index contributed by atoms with van der Waals surface area (Å²) in [6.07, 6.45) is 1.69. The highest BCUT2D eigenvalue weighted by Crippen LogP contribution is 2.29. The number of hydrogen-bond donors (Lipinski definition) is 1. The van der Waals surface area contributed by atoms with Crippen LogP contribution < -0.4 is 5.32 Å². The number of carbonyl (C=O) groups is 1. The van der Waals surface area contributed by atoms with Gasteiger partial charge in [-0.3, -0.25) is 4.79 Å². The Bertz CT molecular complexity index is 1410. The minimum atomic E-state index is -3.67. The van der Waals surface area contributed by atoms with Crippen molar-refractivity contribution in [2.45, 2.75) is 17.7 Å². The summed E-state index contributed by atoms with van der Waals surface area (Å²) >= 11 is 1.12. The standard InChI is InChI=1S/C24H21N3O3S2/c28-24(23-21(12-15-31-23)32(29,30)27-13-3-4-14-27)26-22-9-5-8-20(25-22)19-11-10-17-6-1-2-7-18(17)16-19/h1-2,5-12,15-16H,3-4,13-14H2,(H,25,26,28). The summed E-state index contributed by atoms with van der Waals surface area (Å²) in [7, 11) is -3.67. The van der Waals surface area contributed by atoms with Crippen molar-refractivity contribution in [1.82, 2.24) is 9.29 Å². The van der Waals surface area contributed by atoms with Crippen molar-refractivity contribution in [3.8, 4) is 11.3 Å². The summed E-state index contributed by atoms with van der Waals surface area (Å²) in [5.74, 6) is -0.0977. The molecule has 0 atom stereocenters. The first-order chi connectivity index (χ1) is 15.5. The summed E-state index contributed by atoms with van der Waals surface area (Å²) in [6.45, 7) is 0.989. The minimum Gasteiger partial charge on any atom is -0.306 e. The molecule has 0 spiro atoms. The van der Waals surface area contributed by atoms with Gasteiger partial charge in [0.05, 0.1) is 5.69 Å². The number of pyridine rings is 1. The number of benzene rings is 2. The first kappa shape index (κ1) is 20.8. The third-order valence-electron chi connectivity index (χ3n) is 5.55. The number of sulfonamides is 1. The molecule has 32 heavy (non-hydrogen) atoms. The van der Waals surface area contributed by atoms with E-state index in [2.05, 4.69) is 22.4 Å². The predicted octanol–water partition coefficient (Wildman–Crippen LogP) is 5.00. The lowest BCUT2D eigenvalue weighted by atomic mass is 10.0. The number of amides is 1. The summed E-state index contributed by atoms with van der Waals surface area (Å²) < 4.78 is 27.4. The number of fused-ring (bicyclic) bond motifs is 1. The first-order valence-corrected chi connectivity index (χ1v) is 12.7. The molecule has 2 aromatic carbocycles. The van der Waals surface area contributed by atoms with Crippen LogP contribution in [-0.2, 0) is 10.0 Å². The lowest BCUT2D eigenvalue weighted by molar-refractivity contribution is 0.102. The molecule has 0 aliphatic carbocycles. The molecule has 1 amide bonds. The number of nitrogens with zero attached hydrogens (tertiary/aromatic N) is 2. The van der Waals surface area contributed by atoms with Crippen molar-refractivity contribution in [2.75, 3.05) is 18.4 Å². The van der Waals surface area contributed by atoms with Crippen LogP contribution in [0, 0.1) is 0 Å². The largest absolute Gasteiger partial charge is 0.306 e. The minimum absolute atomic E-state index is 0.0626. The fourth-order valence-electron chi connectivity index (χ4n) is 3.92. The maximum Gasteiger partial charge on any atom is 0.268 e. The molecular formula is C24H21N3O3S2. The highest BCUT2D eigenvalue weighted by atomic mass is 32.2. The summed E-state index contributed by atoms with van der Waals surface area (Å²) in [4.78, 5) is 17.8. The van der Waals surface area contributed by atoms with Gasteiger partial charge in [-0.2, -0.15) is 4.31 Å². The van der Waals surface area contributed by atoms with Crippen molar-refractivity contribution in [2.24, 2.45) is 0 Å². The molecule has 1 N–H and O–H groups in total. The number of hydrogen-bond acceptors (Lipinski definition) is 5. The van der Waals surface area contributed by atoms with Crippen LogP contribution >= 0.6 is 11.3 Å². The number of aromatic nitrogens is 1. The van der Waals surface area contributed by atoms with Gasteiger partial charge in [-0.05, 0) is 53.3 Å². The van der Waals surface area contributed by atoms with E-state index in [0.29, 0.717) is 18.9 Å². The summed E-state index contributed by atoms with van der Waals surface area (Å²) in [6, 6.07) is 21.1. The van der Waals surface area contributed by atoms with Crippen molar-refractivity contribution in [3.05, 3.63) is 77.0 Å². The van der Waals surface area contributed by atoms with E-state index in [-0.39, 0.29) is 9.77 Å². The Morgan fingerprint density at radius 3 is 2.53 bits per heavy atom. The van der Waals surface area contributed by atoms with Crippen molar-refractivity contribution in [1.29, 1.82) is 0 Å². The highest BCUT2D eigenvalue weighted by molar-refractivity contribution is 7.89. The summed E-state index contributed by atoms with van der Waals surface area (Å²) in [5, 5.41) is 6.66. The number of nitrogens with one attached hydrogen (secondary N) is 1. The number of carbonyl (C=O) groups excluding carboxylic acids is 1. The zero-order valence-electron chi connectivity index (χ0n) is 17.2. The average molecular weight is 464 g/mol. The van der Waals surface area contributed by atoms with Gasteiger partial charge < -0.3 is 5.32 Å². The van der Waals surface area contributed by atoms with Gasteiger partial charge in [-0.25, -0.2) is 13.4 Å². The van der Waals surface area contributed by atoms with E-state index < -0.39 is 15.9 Å². The normalized spacial score (nSPS) is 14.6. The molecule has 3 heterocycles. The van der Waals surface area contributed by atoms with E-state index in [9.17, 15) is 13.2 Å². The molecule has 1 aliphatic rings. The van der Waals surface area contributed by atoms with E-state index in [4.69, 9.17) is 0 Å². The lowest BCUT2D eigenvalue weighted by Crippen LogP contribution is -2.29. The van der Waals surface area contributed by atoms with Crippen LogP contribution in [-0.4, -0.2) is 36.7 Å². The summed E-state index contributed by atoms with van der Waals surface area (Å²) in [5.41, 5.74) is 1.66. The zero-order chi connectivity index (χ0) is 22.1. The lowest BCUT2D eigenvalue weighted by Gasteiger charge is -2.15. The molecule has 0 saturated carbocycles. The Morgan fingerprint density at radius 1 is 0.938 bits per heavy atom. The highest BCUT2D eigenvalue weighted by Gasteiger charge is 2.31. The van der Waals surface area contributed by atoms with Crippen LogP contribution in [0.3, 0.4) is 0 Å². The molecule has 5 rings (SSSR count). The van der Waals surface area contributed by atoms with Gasteiger partial charge in [0.1, 0.15) is 15.6 Å². The van der Waals surface area contributed by atoms with Crippen LogP contribution in [0.25, 0.3) is 22.0 Å². The van der Waals surface area contributed by atoms with Gasteiger partial charge in [-0.15, -0.1) is 11.3 Å².